The zero-order valence-electron chi connectivity index (χ0n) is 13.6. The van der Waals surface area contributed by atoms with Gasteiger partial charge in [-0.2, -0.15) is 5.10 Å². The number of amides is 1. The first-order chi connectivity index (χ1) is 11.1. The number of hydrogen-bond donors (Lipinski definition) is 0. The predicted molar refractivity (Wildman–Crippen MR) is 93.8 cm³/mol. The number of anilines is 1. The second-order valence-electron chi connectivity index (χ2n) is 5.92. The first-order valence-corrected chi connectivity index (χ1v) is 7.83. The highest BCUT2D eigenvalue weighted by Crippen LogP contribution is 2.18. The number of hydrogen-bond acceptors (Lipinski definition) is 3. The van der Waals surface area contributed by atoms with Crippen molar-refractivity contribution in [3.05, 3.63) is 65.7 Å². The summed E-state index contributed by atoms with van der Waals surface area (Å²) in [5.41, 5.74) is 4.25. The van der Waals surface area contributed by atoms with Crippen LogP contribution in [0, 0.1) is 0 Å². The maximum Gasteiger partial charge on any atom is 0.247 e. The largest absolute Gasteiger partial charge is 0.378 e. The van der Waals surface area contributed by atoms with E-state index in [2.05, 4.69) is 34.3 Å². The smallest absolute Gasteiger partial charge is 0.247 e. The number of rotatable bonds is 4. The van der Waals surface area contributed by atoms with E-state index in [0.29, 0.717) is 13.0 Å². The van der Waals surface area contributed by atoms with E-state index >= 15 is 0 Å². The summed E-state index contributed by atoms with van der Waals surface area (Å²) in [6.07, 6.45) is 1.21. The molecule has 0 N–H and O–H groups in total. The minimum Gasteiger partial charge on any atom is -0.378 e. The Morgan fingerprint density at radius 3 is 2.43 bits per heavy atom. The van der Waals surface area contributed by atoms with Gasteiger partial charge in [0.2, 0.25) is 5.91 Å². The second-order valence-corrected chi connectivity index (χ2v) is 5.92. The fourth-order valence-electron chi connectivity index (χ4n) is 2.65. The summed E-state index contributed by atoms with van der Waals surface area (Å²) in [5.74, 6) is 0.0520. The first kappa shape index (κ1) is 15.3. The normalized spacial score (nSPS) is 13.8. The Morgan fingerprint density at radius 2 is 1.78 bits per heavy atom. The van der Waals surface area contributed by atoms with Crippen molar-refractivity contribution in [1.82, 2.24) is 5.01 Å². The Balaban J connectivity index is 1.69. The third-order valence-electron chi connectivity index (χ3n) is 4.00. The predicted octanol–water partition coefficient (Wildman–Crippen LogP) is 2.93. The van der Waals surface area contributed by atoms with Gasteiger partial charge in [-0.15, -0.1) is 0 Å². The monoisotopic (exact) mass is 307 g/mol. The molecule has 0 saturated heterocycles. The molecule has 0 aromatic heterocycles. The molecule has 0 radical (unpaired) electrons. The van der Waals surface area contributed by atoms with E-state index in [9.17, 15) is 4.79 Å². The van der Waals surface area contributed by atoms with Crippen molar-refractivity contribution in [2.45, 2.75) is 12.8 Å². The maximum absolute atomic E-state index is 12.3. The van der Waals surface area contributed by atoms with Gasteiger partial charge in [-0.25, -0.2) is 5.01 Å². The van der Waals surface area contributed by atoms with Gasteiger partial charge in [0, 0.05) is 26.2 Å². The van der Waals surface area contributed by atoms with Crippen LogP contribution in [0.3, 0.4) is 0 Å². The molecule has 1 aliphatic rings. The summed E-state index contributed by atoms with van der Waals surface area (Å²) < 4.78 is 0. The van der Waals surface area contributed by atoms with Crippen LogP contribution in [-0.4, -0.2) is 37.3 Å². The lowest BCUT2D eigenvalue weighted by atomic mass is 10.1. The van der Waals surface area contributed by atoms with Crippen molar-refractivity contribution in [3.63, 3.8) is 0 Å². The summed E-state index contributed by atoms with van der Waals surface area (Å²) in [7, 11) is 4.04. The van der Waals surface area contributed by atoms with Crippen molar-refractivity contribution in [2.75, 3.05) is 25.5 Å². The van der Waals surface area contributed by atoms with E-state index in [-0.39, 0.29) is 5.91 Å². The minimum atomic E-state index is 0.0520. The standard InChI is InChI=1S/C19H21N3O/c1-21(2)17-10-8-16(9-11-17)18-12-13-22(20-18)19(23)14-15-6-4-3-5-7-15/h3-11H,12-14H2,1-2H3. The molecule has 2 aromatic rings. The van der Waals surface area contributed by atoms with Crippen molar-refractivity contribution in [2.24, 2.45) is 5.10 Å². The lowest BCUT2D eigenvalue weighted by molar-refractivity contribution is -0.130. The Bertz CT molecular complexity index is 705. The van der Waals surface area contributed by atoms with Crippen LogP contribution >= 0.6 is 0 Å². The molecule has 0 saturated carbocycles. The van der Waals surface area contributed by atoms with Gasteiger partial charge >= 0.3 is 0 Å². The number of benzene rings is 2. The SMILES string of the molecule is CN(C)c1ccc(C2=NN(C(=O)Cc3ccccc3)CC2)cc1. The summed E-state index contributed by atoms with van der Waals surface area (Å²) in [5, 5.41) is 6.12. The van der Waals surface area contributed by atoms with E-state index in [4.69, 9.17) is 0 Å². The second kappa shape index (κ2) is 6.65. The molecular weight excluding hydrogens is 286 g/mol. The number of carbonyl (C=O) groups is 1. The molecule has 0 unspecified atom stereocenters. The Morgan fingerprint density at radius 1 is 1.09 bits per heavy atom. The van der Waals surface area contributed by atoms with Gasteiger partial charge in [0.05, 0.1) is 18.7 Å². The van der Waals surface area contributed by atoms with Crippen LogP contribution in [0.25, 0.3) is 0 Å². The lowest BCUT2D eigenvalue weighted by Gasteiger charge is -2.12. The van der Waals surface area contributed by atoms with Crippen molar-refractivity contribution in [1.29, 1.82) is 0 Å². The van der Waals surface area contributed by atoms with Crippen LogP contribution in [0.5, 0.6) is 0 Å². The van der Waals surface area contributed by atoms with Gasteiger partial charge < -0.3 is 4.90 Å². The summed E-state index contributed by atoms with van der Waals surface area (Å²) in [6.45, 7) is 0.663. The third-order valence-corrected chi connectivity index (χ3v) is 4.00. The van der Waals surface area contributed by atoms with Gasteiger partial charge in [0.25, 0.3) is 0 Å². The summed E-state index contributed by atoms with van der Waals surface area (Å²) in [6, 6.07) is 18.1. The molecule has 1 aliphatic heterocycles. The van der Waals surface area contributed by atoms with E-state index in [1.54, 1.807) is 5.01 Å². The highest BCUT2D eigenvalue weighted by Gasteiger charge is 2.21. The lowest BCUT2D eigenvalue weighted by Crippen LogP contribution is -2.25. The quantitative estimate of drug-likeness (QED) is 0.870. The van der Waals surface area contributed by atoms with Crippen molar-refractivity contribution in [3.8, 4) is 0 Å². The molecule has 4 heteroatoms. The molecule has 4 nitrogen and oxygen atoms in total. The number of nitrogens with zero attached hydrogens (tertiary/aromatic N) is 3. The molecule has 1 amide bonds. The molecule has 0 bridgehead atoms. The van der Waals surface area contributed by atoms with Crippen molar-refractivity contribution < 1.29 is 4.79 Å². The van der Waals surface area contributed by atoms with Gasteiger partial charge in [0.15, 0.2) is 0 Å². The summed E-state index contributed by atoms with van der Waals surface area (Å²) >= 11 is 0. The fraction of sp³-hybridized carbons (Fsp3) is 0.263. The highest BCUT2D eigenvalue weighted by molar-refractivity contribution is 6.02. The van der Waals surface area contributed by atoms with E-state index in [1.165, 1.54) is 0 Å². The molecule has 1 heterocycles. The van der Waals surface area contributed by atoms with Crippen LogP contribution in [0.15, 0.2) is 59.7 Å². The van der Waals surface area contributed by atoms with Crippen LogP contribution in [0.1, 0.15) is 17.5 Å². The van der Waals surface area contributed by atoms with Crippen molar-refractivity contribution >= 4 is 17.3 Å². The molecule has 3 rings (SSSR count). The van der Waals surface area contributed by atoms with E-state index in [1.807, 2.05) is 44.4 Å². The first-order valence-electron chi connectivity index (χ1n) is 7.83. The van der Waals surface area contributed by atoms with Crippen LogP contribution in [0.4, 0.5) is 5.69 Å². The van der Waals surface area contributed by atoms with E-state index < -0.39 is 0 Å². The van der Waals surface area contributed by atoms with Crippen LogP contribution in [-0.2, 0) is 11.2 Å². The fourth-order valence-corrected chi connectivity index (χ4v) is 2.65. The zero-order chi connectivity index (χ0) is 16.2. The third kappa shape index (κ3) is 3.59. The van der Waals surface area contributed by atoms with Gasteiger partial charge in [-0.05, 0) is 23.3 Å². The van der Waals surface area contributed by atoms with Gasteiger partial charge in [0.1, 0.15) is 0 Å². The maximum atomic E-state index is 12.3. The molecular formula is C19H21N3O. The van der Waals surface area contributed by atoms with Gasteiger partial charge in [-0.1, -0.05) is 42.5 Å². The topological polar surface area (TPSA) is 35.9 Å². The Hall–Kier alpha value is -2.62. The van der Waals surface area contributed by atoms with E-state index in [0.717, 1.165) is 28.9 Å². The molecule has 0 spiro atoms. The highest BCUT2D eigenvalue weighted by atomic mass is 16.2. The Labute approximate surface area is 137 Å². The molecule has 23 heavy (non-hydrogen) atoms. The average molecular weight is 307 g/mol. The number of carbonyl (C=O) groups excluding carboxylic acids is 1. The van der Waals surface area contributed by atoms with Crippen LogP contribution < -0.4 is 4.90 Å². The van der Waals surface area contributed by atoms with Gasteiger partial charge in [-0.3, -0.25) is 4.79 Å². The number of hydrazone groups is 1. The molecule has 0 aliphatic carbocycles. The zero-order valence-corrected chi connectivity index (χ0v) is 13.6. The minimum absolute atomic E-state index is 0.0520. The molecule has 2 aromatic carbocycles. The molecule has 0 fully saturated rings. The molecule has 0 atom stereocenters. The Kier molecular flexibility index (Phi) is 4.42. The van der Waals surface area contributed by atoms with Crippen LogP contribution in [0.2, 0.25) is 0 Å². The average Bonchev–Trinajstić information content (AvgIpc) is 3.06. The summed E-state index contributed by atoms with van der Waals surface area (Å²) in [4.78, 5) is 14.4. The molecule has 118 valence electrons.